The molecule has 1 N–H and O–H groups in total. The van der Waals surface area contributed by atoms with Crippen LogP contribution < -0.4 is 4.90 Å². The van der Waals surface area contributed by atoms with Crippen molar-refractivity contribution >= 4 is 17.4 Å². The van der Waals surface area contributed by atoms with Gasteiger partial charge in [-0.15, -0.1) is 10.2 Å². The van der Waals surface area contributed by atoms with Crippen LogP contribution in [0, 0.1) is 6.92 Å². The molecule has 4 rings (SSSR count). The highest BCUT2D eigenvalue weighted by Gasteiger charge is 2.37. The van der Waals surface area contributed by atoms with Gasteiger partial charge in [-0.05, 0) is 49.7 Å². The van der Waals surface area contributed by atoms with Crippen LogP contribution in [0.3, 0.4) is 0 Å². The number of ether oxygens (including phenoxy) is 1. The summed E-state index contributed by atoms with van der Waals surface area (Å²) in [6.45, 7) is 8.77. The maximum absolute atomic E-state index is 10.3. The van der Waals surface area contributed by atoms with E-state index < -0.39 is 0 Å². The van der Waals surface area contributed by atoms with Gasteiger partial charge in [0.1, 0.15) is 5.75 Å². The lowest BCUT2D eigenvalue weighted by atomic mass is 9.98. The zero-order valence-corrected chi connectivity index (χ0v) is 16.5. The van der Waals surface area contributed by atoms with Gasteiger partial charge in [-0.1, -0.05) is 18.5 Å². The van der Waals surface area contributed by atoms with E-state index in [-0.39, 0.29) is 11.9 Å². The molecule has 2 unspecified atom stereocenters. The van der Waals surface area contributed by atoms with Crippen molar-refractivity contribution < 1.29 is 9.84 Å². The molecule has 1 aromatic heterocycles. The maximum atomic E-state index is 10.3. The fourth-order valence-corrected chi connectivity index (χ4v) is 4.45. The van der Waals surface area contributed by atoms with Gasteiger partial charge in [0.2, 0.25) is 0 Å². The highest BCUT2D eigenvalue weighted by Crippen LogP contribution is 2.34. The molecule has 6 nitrogen and oxygen atoms in total. The number of benzene rings is 1. The number of piperidine rings is 1. The molecule has 7 heteroatoms. The van der Waals surface area contributed by atoms with Crippen molar-refractivity contribution in [1.29, 1.82) is 0 Å². The van der Waals surface area contributed by atoms with E-state index in [2.05, 4.69) is 26.9 Å². The number of hydrogen-bond donors (Lipinski definition) is 1. The number of likely N-dealkylation sites (tertiary alicyclic amines) is 1. The standard InChI is InChI=1S/C20H25ClN4O2/c1-3-24-7-6-18-16(12-24)25(8-9-27-18)19-5-4-15(22-23-19)20-13(2)10-14(21)11-17(20)26/h4-5,10-11,16,18,26H,3,6-9,12H2,1-2H3. The normalized spacial score (nSPS) is 23.3. The van der Waals surface area contributed by atoms with Crippen LogP contribution in [0.25, 0.3) is 11.3 Å². The predicted molar refractivity (Wildman–Crippen MR) is 106 cm³/mol. The molecule has 2 aromatic rings. The molecule has 2 atom stereocenters. The van der Waals surface area contributed by atoms with Gasteiger partial charge in [-0.3, -0.25) is 0 Å². The molecule has 0 bridgehead atoms. The molecular formula is C20H25ClN4O2. The number of nitrogens with zero attached hydrogens (tertiary/aromatic N) is 4. The average Bonchev–Trinajstić information content (AvgIpc) is 2.67. The van der Waals surface area contributed by atoms with Crippen molar-refractivity contribution in [2.24, 2.45) is 0 Å². The van der Waals surface area contributed by atoms with Crippen LogP contribution in [0.15, 0.2) is 24.3 Å². The lowest BCUT2D eigenvalue weighted by Crippen LogP contribution is -2.60. The largest absolute Gasteiger partial charge is 0.507 e. The summed E-state index contributed by atoms with van der Waals surface area (Å²) in [5, 5.41) is 19.7. The van der Waals surface area contributed by atoms with Gasteiger partial charge in [-0.25, -0.2) is 0 Å². The first-order chi connectivity index (χ1) is 13.1. The van der Waals surface area contributed by atoms with Crippen molar-refractivity contribution in [3.05, 3.63) is 34.9 Å². The Bertz CT molecular complexity index is 791. The molecule has 2 fully saturated rings. The second kappa shape index (κ2) is 7.62. The van der Waals surface area contributed by atoms with Gasteiger partial charge in [0.05, 0.1) is 24.4 Å². The Hall–Kier alpha value is -1.89. The van der Waals surface area contributed by atoms with Crippen molar-refractivity contribution in [3.63, 3.8) is 0 Å². The number of aromatic hydroxyl groups is 1. The summed E-state index contributed by atoms with van der Waals surface area (Å²) in [6, 6.07) is 7.57. The Balaban J connectivity index is 1.60. The van der Waals surface area contributed by atoms with Crippen LogP contribution in [-0.4, -0.2) is 65.1 Å². The molecule has 3 heterocycles. The van der Waals surface area contributed by atoms with Gasteiger partial charge in [0, 0.05) is 30.2 Å². The Morgan fingerprint density at radius 3 is 2.81 bits per heavy atom. The number of hydrogen-bond acceptors (Lipinski definition) is 6. The van der Waals surface area contributed by atoms with Crippen LogP contribution in [0.2, 0.25) is 5.02 Å². The number of phenols is 1. The molecule has 144 valence electrons. The Labute approximate surface area is 164 Å². The molecular weight excluding hydrogens is 364 g/mol. The molecule has 2 saturated heterocycles. The monoisotopic (exact) mass is 388 g/mol. The lowest BCUT2D eigenvalue weighted by Gasteiger charge is -2.47. The first-order valence-corrected chi connectivity index (χ1v) is 9.88. The van der Waals surface area contributed by atoms with Crippen LogP contribution in [0.5, 0.6) is 5.75 Å². The highest BCUT2D eigenvalue weighted by molar-refractivity contribution is 6.31. The number of likely N-dealkylation sites (N-methyl/N-ethyl adjacent to an activating group) is 1. The summed E-state index contributed by atoms with van der Waals surface area (Å²) in [5.74, 6) is 0.987. The molecule has 0 radical (unpaired) electrons. The first kappa shape index (κ1) is 18.5. The Kier molecular flexibility index (Phi) is 5.21. The van der Waals surface area contributed by atoms with Crippen molar-refractivity contribution in [1.82, 2.24) is 15.1 Å². The van der Waals surface area contributed by atoms with E-state index in [4.69, 9.17) is 16.3 Å². The van der Waals surface area contributed by atoms with E-state index in [0.29, 0.717) is 28.9 Å². The fraction of sp³-hybridized carbons (Fsp3) is 0.500. The van der Waals surface area contributed by atoms with Crippen LogP contribution >= 0.6 is 11.6 Å². The SMILES string of the molecule is CCN1CCC2OCCN(c3ccc(-c4c(C)cc(Cl)cc4O)nn3)C2C1. The topological polar surface area (TPSA) is 61.7 Å². The van der Waals surface area contributed by atoms with Crippen molar-refractivity contribution in [2.75, 3.05) is 37.7 Å². The summed E-state index contributed by atoms with van der Waals surface area (Å²) in [7, 11) is 0. The number of morpholine rings is 1. The molecule has 0 amide bonds. The molecule has 0 saturated carbocycles. The number of halogens is 1. The minimum absolute atomic E-state index is 0.124. The zero-order chi connectivity index (χ0) is 19.0. The van der Waals surface area contributed by atoms with Crippen molar-refractivity contribution in [2.45, 2.75) is 32.4 Å². The minimum Gasteiger partial charge on any atom is -0.507 e. The van der Waals surface area contributed by atoms with Gasteiger partial charge in [0.15, 0.2) is 5.82 Å². The quantitative estimate of drug-likeness (QED) is 0.871. The van der Waals surface area contributed by atoms with E-state index >= 15 is 0 Å². The minimum atomic E-state index is 0.124. The van der Waals surface area contributed by atoms with E-state index in [1.54, 1.807) is 0 Å². The highest BCUT2D eigenvalue weighted by atomic mass is 35.5. The number of rotatable bonds is 3. The zero-order valence-electron chi connectivity index (χ0n) is 15.7. The number of anilines is 1. The number of fused-ring (bicyclic) bond motifs is 1. The second-order valence-electron chi connectivity index (χ2n) is 7.25. The molecule has 2 aliphatic heterocycles. The fourth-order valence-electron chi connectivity index (χ4n) is 4.18. The molecule has 0 spiro atoms. The molecule has 1 aromatic carbocycles. The lowest BCUT2D eigenvalue weighted by molar-refractivity contribution is -0.0282. The summed E-state index contributed by atoms with van der Waals surface area (Å²) in [6.07, 6.45) is 1.31. The van der Waals surface area contributed by atoms with Gasteiger partial charge in [-0.2, -0.15) is 0 Å². The number of aryl methyl sites for hydroxylation is 1. The number of aromatic nitrogens is 2. The summed E-state index contributed by atoms with van der Waals surface area (Å²) in [4.78, 5) is 4.78. The average molecular weight is 389 g/mol. The maximum Gasteiger partial charge on any atom is 0.151 e. The van der Waals surface area contributed by atoms with Crippen LogP contribution in [0.4, 0.5) is 5.82 Å². The number of phenolic OH excluding ortho intramolecular Hbond substituents is 1. The van der Waals surface area contributed by atoms with Gasteiger partial charge < -0.3 is 19.6 Å². The van der Waals surface area contributed by atoms with Gasteiger partial charge in [0.25, 0.3) is 0 Å². The third-order valence-electron chi connectivity index (χ3n) is 5.60. The summed E-state index contributed by atoms with van der Waals surface area (Å²) in [5.41, 5.74) is 2.20. The Morgan fingerprint density at radius 1 is 1.26 bits per heavy atom. The van der Waals surface area contributed by atoms with Crippen molar-refractivity contribution in [3.8, 4) is 17.0 Å². The molecule has 27 heavy (non-hydrogen) atoms. The third kappa shape index (κ3) is 3.61. The van der Waals surface area contributed by atoms with E-state index in [1.165, 1.54) is 6.07 Å². The Morgan fingerprint density at radius 2 is 2.11 bits per heavy atom. The first-order valence-electron chi connectivity index (χ1n) is 9.50. The second-order valence-corrected chi connectivity index (χ2v) is 7.68. The van der Waals surface area contributed by atoms with Crippen LogP contribution in [0.1, 0.15) is 18.9 Å². The predicted octanol–water partition coefficient (Wildman–Crippen LogP) is 3.11. The van der Waals surface area contributed by atoms with Crippen LogP contribution in [-0.2, 0) is 4.74 Å². The van der Waals surface area contributed by atoms with E-state index in [0.717, 1.165) is 44.0 Å². The molecule has 2 aliphatic rings. The summed E-state index contributed by atoms with van der Waals surface area (Å²) >= 11 is 6.01. The van der Waals surface area contributed by atoms with E-state index in [9.17, 15) is 5.11 Å². The van der Waals surface area contributed by atoms with E-state index in [1.807, 2.05) is 25.1 Å². The third-order valence-corrected chi connectivity index (χ3v) is 5.81. The summed E-state index contributed by atoms with van der Waals surface area (Å²) < 4.78 is 6.00. The smallest absolute Gasteiger partial charge is 0.151 e. The van der Waals surface area contributed by atoms with Gasteiger partial charge >= 0.3 is 0 Å². The molecule has 0 aliphatic carbocycles.